The van der Waals surface area contributed by atoms with Crippen molar-refractivity contribution in [3.63, 3.8) is 0 Å². The number of nitrogens with one attached hydrogen (secondary N) is 1. The van der Waals surface area contributed by atoms with Crippen molar-refractivity contribution in [2.75, 3.05) is 18.4 Å². The van der Waals surface area contributed by atoms with E-state index in [0.29, 0.717) is 46.5 Å². The average molecular weight is 491 g/mol. The van der Waals surface area contributed by atoms with Crippen LogP contribution in [-0.4, -0.2) is 48.5 Å². The highest BCUT2D eigenvalue weighted by atomic mass is 19.1. The minimum Gasteiger partial charge on any atom is -0.327 e. The van der Waals surface area contributed by atoms with E-state index >= 15 is 0 Å². The molecule has 1 saturated heterocycles. The number of imidazole rings is 1. The molecule has 186 valence electrons. The van der Waals surface area contributed by atoms with E-state index < -0.39 is 11.6 Å². The number of hydrogen-bond donors (Lipinski definition) is 2. The van der Waals surface area contributed by atoms with Gasteiger partial charge in [0.25, 0.3) is 0 Å². The van der Waals surface area contributed by atoms with Crippen molar-refractivity contribution >= 4 is 22.8 Å². The highest BCUT2D eigenvalue weighted by Gasteiger charge is 2.53. The molecule has 1 aliphatic carbocycles. The summed E-state index contributed by atoms with van der Waals surface area (Å²) >= 11 is 0. The van der Waals surface area contributed by atoms with Gasteiger partial charge in [0, 0.05) is 55.2 Å². The highest BCUT2D eigenvalue weighted by Crippen LogP contribution is 2.44. The largest absolute Gasteiger partial charge is 0.327 e. The van der Waals surface area contributed by atoms with Crippen LogP contribution < -0.4 is 11.1 Å². The molecule has 36 heavy (non-hydrogen) atoms. The monoisotopic (exact) mass is 490 g/mol. The number of aromatic nitrogens is 5. The fraction of sp³-hybridized carbons (Fsp3) is 0.385. The standard InChI is InChI=1S/C26H28F2N8/c1-13(2)36-14(3)33-25-20(27)4-16(5-22(25)36)17-6-23(30-9-21(17)28)34-26-31-7-15(8-32-26)10-35-11-18-19(12-35)24(18)29/h4-9,13,18-19,24H,10-12,29H2,1-3H3,(H,30,31,32,34)/t18-,19+,24?. The zero-order valence-electron chi connectivity index (χ0n) is 20.4. The number of anilines is 2. The van der Waals surface area contributed by atoms with Gasteiger partial charge < -0.3 is 15.6 Å². The van der Waals surface area contributed by atoms with Crippen LogP contribution in [0.2, 0.25) is 0 Å². The van der Waals surface area contributed by atoms with Crippen molar-refractivity contribution in [3.8, 4) is 11.1 Å². The van der Waals surface area contributed by atoms with Crippen molar-refractivity contribution in [2.24, 2.45) is 17.6 Å². The number of piperidine rings is 1. The lowest BCUT2D eigenvalue weighted by molar-refractivity contribution is 0.289. The molecule has 2 aliphatic rings. The van der Waals surface area contributed by atoms with Gasteiger partial charge in [0.15, 0.2) is 5.82 Å². The van der Waals surface area contributed by atoms with E-state index in [1.807, 2.05) is 25.3 Å². The molecule has 0 spiro atoms. The Morgan fingerprint density at radius 2 is 1.75 bits per heavy atom. The Kier molecular flexibility index (Phi) is 5.45. The quantitative estimate of drug-likeness (QED) is 0.418. The van der Waals surface area contributed by atoms with Gasteiger partial charge in [-0.25, -0.2) is 28.7 Å². The number of rotatable bonds is 6. The lowest BCUT2D eigenvalue weighted by Crippen LogP contribution is -2.27. The Balaban J connectivity index is 1.23. The first-order chi connectivity index (χ1) is 17.3. The minimum absolute atomic E-state index is 0.0815. The first-order valence-corrected chi connectivity index (χ1v) is 12.2. The summed E-state index contributed by atoms with van der Waals surface area (Å²) in [6.07, 6.45) is 4.67. The maximum Gasteiger partial charge on any atom is 0.228 e. The second-order valence-electron chi connectivity index (χ2n) is 10.1. The first kappa shape index (κ1) is 22.9. The van der Waals surface area contributed by atoms with Crippen LogP contribution >= 0.6 is 0 Å². The molecule has 2 fully saturated rings. The van der Waals surface area contributed by atoms with Gasteiger partial charge in [-0.15, -0.1) is 0 Å². The van der Waals surface area contributed by atoms with Gasteiger partial charge in [0.2, 0.25) is 5.95 Å². The van der Waals surface area contributed by atoms with Gasteiger partial charge in [-0.05, 0) is 56.4 Å². The fourth-order valence-corrected chi connectivity index (χ4v) is 5.47. The molecule has 6 rings (SSSR count). The summed E-state index contributed by atoms with van der Waals surface area (Å²) in [6, 6.07) is 5.06. The van der Waals surface area contributed by atoms with Crippen LogP contribution in [0.4, 0.5) is 20.5 Å². The summed E-state index contributed by atoms with van der Waals surface area (Å²) in [7, 11) is 0. The molecule has 4 heterocycles. The molecule has 0 bridgehead atoms. The summed E-state index contributed by atoms with van der Waals surface area (Å²) in [4.78, 5) is 19.6. The summed E-state index contributed by atoms with van der Waals surface area (Å²) in [5.74, 6) is 1.65. The molecule has 1 aromatic carbocycles. The third-order valence-electron chi connectivity index (χ3n) is 7.30. The van der Waals surface area contributed by atoms with Gasteiger partial charge in [-0.3, -0.25) is 4.90 Å². The predicted octanol–water partition coefficient (Wildman–Crippen LogP) is 4.19. The summed E-state index contributed by atoms with van der Waals surface area (Å²) in [5, 5.41) is 3.03. The molecular formula is C26H28F2N8. The molecule has 4 aromatic rings. The summed E-state index contributed by atoms with van der Waals surface area (Å²) in [6.45, 7) is 8.68. The maximum absolute atomic E-state index is 14.9. The average Bonchev–Trinajstić information content (AvgIpc) is 3.15. The molecule has 1 saturated carbocycles. The van der Waals surface area contributed by atoms with Gasteiger partial charge >= 0.3 is 0 Å². The molecule has 3 aromatic heterocycles. The van der Waals surface area contributed by atoms with Crippen LogP contribution in [0.15, 0.2) is 36.8 Å². The third kappa shape index (κ3) is 4.00. The van der Waals surface area contributed by atoms with Crippen LogP contribution in [0.5, 0.6) is 0 Å². The molecule has 0 amide bonds. The molecule has 8 nitrogen and oxygen atoms in total. The van der Waals surface area contributed by atoms with E-state index in [2.05, 4.69) is 30.2 Å². The number of nitrogens with zero attached hydrogens (tertiary/aromatic N) is 6. The lowest BCUT2D eigenvalue weighted by atomic mass is 10.0. The molecule has 10 heteroatoms. The van der Waals surface area contributed by atoms with Gasteiger partial charge in [-0.2, -0.15) is 0 Å². The predicted molar refractivity (Wildman–Crippen MR) is 134 cm³/mol. The van der Waals surface area contributed by atoms with Crippen LogP contribution in [-0.2, 0) is 6.54 Å². The minimum atomic E-state index is -0.550. The molecule has 3 N–H and O–H groups in total. The van der Waals surface area contributed by atoms with Crippen molar-refractivity contribution in [1.29, 1.82) is 0 Å². The van der Waals surface area contributed by atoms with E-state index in [1.165, 1.54) is 12.1 Å². The van der Waals surface area contributed by atoms with Gasteiger partial charge in [-0.1, -0.05) is 0 Å². The SMILES string of the molecule is Cc1nc2c(F)cc(-c3cc(Nc4ncc(CN5C[C@@H]6C(N)[C@@H]6C5)cn4)ncc3F)cc2n1C(C)C. The first-order valence-electron chi connectivity index (χ1n) is 12.2. The molecule has 1 unspecified atom stereocenters. The molecule has 0 radical (unpaired) electrons. The van der Waals surface area contributed by atoms with Crippen LogP contribution in [0.3, 0.4) is 0 Å². The highest BCUT2D eigenvalue weighted by molar-refractivity contribution is 5.84. The molecule has 1 aliphatic heterocycles. The van der Waals surface area contributed by atoms with E-state index in [4.69, 9.17) is 5.73 Å². The number of aryl methyl sites for hydroxylation is 1. The topological polar surface area (TPSA) is 97.8 Å². The number of hydrogen-bond acceptors (Lipinski definition) is 7. The zero-order chi connectivity index (χ0) is 25.1. The van der Waals surface area contributed by atoms with Gasteiger partial charge in [0.05, 0.1) is 11.7 Å². The maximum atomic E-state index is 14.9. The number of likely N-dealkylation sites (tertiary alicyclic amines) is 1. The smallest absolute Gasteiger partial charge is 0.228 e. The van der Waals surface area contributed by atoms with Crippen molar-refractivity contribution in [1.82, 2.24) is 29.4 Å². The van der Waals surface area contributed by atoms with E-state index in [1.54, 1.807) is 18.5 Å². The number of fused-ring (bicyclic) bond motifs is 2. The fourth-order valence-electron chi connectivity index (χ4n) is 5.47. The number of nitrogens with two attached hydrogens (primary N) is 1. The number of halogens is 2. The Morgan fingerprint density at radius 3 is 2.44 bits per heavy atom. The van der Waals surface area contributed by atoms with E-state index in [0.717, 1.165) is 31.4 Å². The number of pyridine rings is 1. The lowest BCUT2D eigenvalue weighted by Gasteiger charge is -2.18. The van der Waals surface area contributed by atoms with E-state index in [9.17, 15) is 8.78 Å². The third-order valence-corrected chi connectivity index (χ3v) is 7.30. The Labute approximate surface area is 207 Å². The Bertz CT molecular complexity index is 1440. The Morgan fingerprint density at radius 1 is 1.03 bits per heavy atom. The normalized spacial score (nSPS) is 21.4. The van der Waals surface area contributed by atoms with Crippen LogP contribution in [0.1, 0.15) is 31.3 Å². The summed E-state index contributed by atoms with van der Waals surface area (Å²) < 4.78 is 31.7. The second kappa shape index (κ2) is 8.56. The van der Waals surface area contributed by atoms with Crippen molar-refractivity contribution in [2.45, 2.75) is 39.4 Å². The summed E-state index contributed by atoms with van der Waals surface area (Å²) in [5.41, 5.74) is 8.57. The second-order valence-corrected chi connectivity index (χ2v) is 10.1. The van der Waals surface area contributed by atoms with Gasteiger partial charge in [0.1, 0.15) is 23.0 Å². The van der Waals surface area contributed by atoms with Crippen molar-refractivity contribution < 1.29 is 8.78 Å². The van der Waals surface area contributed by atoms with Crippen LogP contribution in [0.25, 0.3) is 22.2 Å². The van der Waals surface area contributed by atoms with E-state index in [-0.39, 0.29) is 17.1 Å². The zero-order valence-corrected chi connectivity index (χ0v) is 20.4. The number of benzene rings is 1. The Hall–Kier alpha value is -3.50. The molecule has 3 atom stereocenters. The van der Waals surface area contributed by atoms with Crippen molar-refractivity contribution in [3.05, 3.63) is 59.8 Å². The van der Waals surface area contributed by atoms with Crippen LogP contribution in [0, 0.1) is 30.4 Å². The molecular weight excluding hydrogens is 462 g/mol.